The molecule has 0 bridgehead atoms. The molecule has 20 heavy (non-hydrogen) atoms. The number of ether oxygens (including phenoxy) is 1. The highest BCUT2D eigenvalue weighted by molar-refractivity contribution is 5.94. The van der Waals surface area contributed by atoms with E-state index in [0.29, 0.717) is 6.61 Å². The number of hydrogen-bond acceptors (Lipinski definition) is 3. The van der Waals surface area contributed by atoms with E-state index in [2.05, 4.69) is 54.3 Å². The SMILES string of the molecule is CCN(CC1(N)CCOC1)c1cccc2ccccc12. The number of rotatable bonds is 4. The second-order valence-corrected chi connectivity index (χ2v) is 5.68. The van der Waals surface area contributed by atoms with Gasteiger partial charge < -0.3 is 15.4 Å². The van der Waals surface area contributed by atoms with Crippen LogP contribution < -0.4 is 10.6 Å². The van der Waals surface area contributed by atoms with E-state index in [1.165, 1.54) is 16.5 Å². The monoisotopic (exact) mass is 270 g/mol. The lowest BCUT2D eigenvalue weighted by atomic mass is 9.98. The normalized spacial score (nSPS) is 22.3. The molecule has 0 aliphatic carbocycles. The summed E-state index contributed by atoms with van der Waals surface area (Å²) in [5, 5.41) is 2.57. The topological polar surface area (TPSA) is 38.5 Å². The largest absolute Gasteiger partial charge is 0.379 e. The van der Waals surface area contributed by atoms with Gasteiger partial charge in [0.05, 0.1) is 12.1 Å². The molecular formula is C17H22N2O. The van der Waals surface area contributed by atoms with E-state index >= 15 is 0 Å². The van der Waals surface area contributed by atoms with Crippen molar-refractivity contribution >= 4 is 16.5 Å². The number of fused-ring (bicyclic) bond motifs is 1. The first-order valence-corrected chi connectivity index (χ1v) is 7.31. The maximum atomic E-state index is 6.45. The molecule has 2 aromatic rings. The fraction of sp³-hybridized carbons (Fsp3) is 0.412. The second-order valence-electron chi connectivity index (χ2n) is 5.68. The average molecular weight is 270 g/mol. The van der Waals surface area contributed by atoms with Gasteiger partial charge in [-0.3, -0.25) is 0 Å². The first-order valence-electron chi connectivity index (χ1n) is 7.31. The van der Waals surface area contributed by atoms with Gasteiger partial charge in [-0.1, -0.05) is 36.4 Å². The van der Waals surface area contributed by atoms with Crippen molar-refractivity contribution < 1.29 is 4.74 Å². The maximum absolute atomic E-state index is 6.45. The van der Waals surface area contributed by atoms with Crippen LogP contribution in [-0.2, 0) is 4.74 Å². The second kappa shape index (κ2) is 5.43. The lowest BCUT2D eigenvalue weighted by molar-refractivity contribution is 0.179. The summed E-state index contributed by atoms with van der Waals surface area (Å²) < 4.78 is 5.48. The molecule has 0 radical (unpaired) electrons. The van der Waals surface area contributed by atoms with Gasteiger partial charge in [0.15, 0.2) is 0 Å². The summed E-state index contributed by atoms with van der Waals surface area (Å²) in [6.45, 7) is 5.42. The van der Waals surface area contributed by atoms with E-state index in [0.717, 1.165) is 26.1 Å². The maximum Gasteiger partial charge on any atom is 0.0664 e. The summed E-state index contributed by atoms with van der Waals surface area (Å²) in [6, 6.07) is 15.0. The zero-order chi connectivity index (χ0) is 14.0. The zero-order valence-electron chi connectivity index (χ0n) is 12.0. The van der Waals surface area contributed by atoms with Crippen LogP contribution in [0.5, 0.6) is 0 Å². The van der Waals surface area contributed by atoms with Crippen LogP contribution in [0.1, 0.15) is 13.3 Å². The summed E-state index contributed by atoms with van der Waals surface area (Å²) >= 11 is 0. The van der Waals surface area contributed by atoms with Crippen LogP contribution in [0.3, 0.4) is 0 Å². The Morgan fingerprint density at radius 2 is 2.00 bits per heavy atom. The molecule has 2 aromatic carbocycles. The number of nitrogens with two attached hydrogens (primary N) is 1. The van der Waals surface area contributed by atoms with Gasteiger partial charge in [0.2, 0.25) is 0 Å². The van der Waals surface area contributed by atoms with E-state index in [9.17, 15) is 0 Å². The minimum Gasteiger partial charge on any atom is -0.379 e. The average Bonchev–Trinajstić information content (AvgIpc) is 2.91. The third kappa shape index (κ3) is 2.51. The van der Waals surface area contributed by atoms with Crippen LogP contribution in [-0.4, -0.2) is 31.8 Å². The highest BCUT2D eigenvalue weighted by atomic mass is 16.5. The van der Waals surface area contributed by atoms with Gasteiger partial charge in [-0.2, -0.15) is 0 Å². The third-order valence-corrected chi connectivity index (χ3v) is 4.13. The van der Waals surface area contributed by atoms with Gasteiger partial charge in [-0.05, 0) is 24.8 Å². The minimum atomic E-state index is -0.215. The predicted molar refractivity (Wildman–Crippen MR) is 84.2 cm³/mol. The predicted octanol–water partition coefficient (Wildman–Crippen LogP) is 2.78. The van der Waals surface area contributed by atoms with Gasteiger partial charge in [0.25, 0.3) is 0 Å². The lowest BCUT2D eigenvalue weighted by Crippen LogP contribution is -2.51. The molecule has 2 N–H and O–H groups in total. The van der Waals surface area contributed by atoms with E-state index in [-0.39, 0.29) is 5.54 Å². The van der Waals surface area contributed by atoms with Crippen LogP contribution >= 0.6 is 0 Å². The van der Waals surface area contributed by atoms with Crippen LogP contribution in [0.4, 0.5) is 5.69 Å². The highest BCUT2D eigenvalue weighted by Crippen LogP contribution is 2.28. The molecule has 1 fully saturated rings. The van der Waals surface area contributed by atoms with Gasteiger partial charge in [-0.25, -0.2) is 0 Å². The van der Waals surface area contributed by atoms with Crippen molar-refractivity contribution in [2.24, 2.45) is 5.73 Å². The van der Waals surface area contributed by atoms with Gasteiger partial charge in [0.1, 0.15) is 0 Å². The lowest BCUT2D eigenvalue weighted by Gasteiger charge is -2.33. The molecule has 3 heteroatoms. The standard InChI is InChI=1S/C17H22N2O/c1-2-19(12-17(18)10-11-20-13-17)16-9-5-7-14-6-3-4-8-15(14)16/h3-9H,2,10-13,18H2,1H3. The van der Waals surface area contributed by atoms with Crippen molar-refractivity contribution in [1.82, 2.24) is 0 Å². The molecule has 1 aliphatic heterocycles. The molecule has 1 saturated heterocycles. The fourth-order valence-corrected chi connectivity index (χ4v) is 2.98. The molecule has 0 aromatic heterocycles. The molecule has 1 atom stereocenters. The Morgan fingerprint density at radius 1 is 1.20 bits per heavy atom. The molecule has 1 heterocycles. The van der Waals surface area contributed by atoms with Crippen LogP contribution in [0.15, 0.2) is 42.5 Å². The molecule has 3 rings (SSSR count). The van der Waals surface area contributed by atoms with Crippen LogP contribution in [0.25, 0.3) is 10.8 Å². The van der Waals surface area contributed by atoms with Crippen LogP contribution in [0, 0.1) is 0 Å². The summed E-state index contributed by atoms with van der Waals surface area (Å²) in [7, 11) is 0. The Morgan fingerprint density at radius 3 is 2.75 bits per heavy atom. The zero-order valence-corrected chi connectivity index (χ0v) is 12.0. The summed E-state index contributed by atoms with van der Waals surface area (Å²) in [5.41, 5.74) is 7.50. The Labute approximate surface area is 120 Å². The number of likely N-dealkylation sites (N-methyl/N-ethyl adjacent to an activating group) is 1. The van der Waals surface area contributed by atoms with Crippen molar-refractivity contribution in [2.45, 2.75) is 18.9 Å². The van der Waals surface area contributed by atoms with E-state index in [1.54, 1.807) is 0 Å². The Kier molecular flexibility index (Phi) is 3.64. The first kappa shape index (κ1) is 13.4. The number of benzene rings is 2. The number of hydrogen-bond donors (Lipinski definition) is 1. The molecule has 0 amide bonds. The van der Waals surface area contributed by atoms with Crippen molar-refractivity contribution in [3.63, 3.8) is 0 Å². The molecule has 3 nitrogen and oxygen atoms in total. The van der Waals surface area contributed by atoms with Gasteiger partial charge in [0, 0.05) is 30.8 Å². The van der Waals surface area contributed by atoms with E-state index in [1.807, 2.05) is 0 Å². The van der Waals surface area contributed by atoms with Crippen molar-refractivity contribution in [2.75, 3.05) is 31.2 Å². The summed E-state index contributed by atoms with van der Waals surface area (Å²) in [5.74, 6) is 0. The smallest absolute Gasteiger partial charge is 0.0664 e. The van der Waals surface area contributed by atoms with Crippen molar-refractivity contribution in [1.29, 1.82) is 0 Å². The Balaban J connectivity index is 1.95. The quantitative estimate of drug-likeness (QED) is 0.928. The molecule has 106 valence electrons. The Bertz CT molecular complexity index is 585. The van der Waals surface area contributed by atoms with Crippen molar-refractivity contribution in [3.8, 4) is 0 Å². The molecule has 1 unspecified atom stereocenters. The molecule has 1 aliphatic rings. The summed E-state index contributed by atoms with van der Waals surface area (Å²) in [4.78, 5) is 2.37. The number of anilines is 1. The van der Waals surface area contributed by atoms with Gasteiger partial charge in [-0.15, -0.1) is 0 Å². The summed E-state index contributed by atoms with van der Waals surface area (Å²) in [6.07, 6.45) is 0.939. The highest BCUT2D eigenvalue weighted by Gasteiger charge is 2.32. The van der Waals surface area contributed by atoms with Crippen LogP contribution in [0.2, 0.25) is 0 Å². The Hall–Kier alpha value is -1.58. The molecular weight excluding hydrogens is 248 g/mol. The number of nitrogens with zero attached hydrogens (tertiary/aromatic N) is 1. The fourth-order valence-electron chi connectivity index (χ4n) is 2.98. The van der Waals surface area contributed by atoms with E-state index in [4.69, 9.17) is 10.5 Å². The van der Waals surface area contributed by atoms with E-state index < -0.39 is 0 Å². The first-order chi connectivity index (χ1) is 9.72. The third-order valence-electron chi connectivity index (χ3n) is 4.13. The molecule has 0 spiro atoms. The minimum absolute atomic E-state index is 0.215. The molecule has 0 saturated carbocycles. The van der Waals surface area contributed by atoms with Crippen molar-refractivity contribution in [3.05, 3.63) is 42.5 Å². The van der Waals surface area contributed by atoms with Gasteiger partial charge >= 0.3 is 0 Å².